The average molecular weight is 283 g/mol. The third-order valence-corrected chi connectivity index (χ3v) is 4.27. The van der Waals surface area contributed by atoms with Gasteiger partial charge in [-0.3, -0.25) is 0 Å². The van der Waals surface area contributed by atoms with Crippen LogP contribution in [-0.4, -0.2) is 30.8 Å². The molecule has 2 aliphatic rings. The summed E-state index contributed by atoms with van der Waals surface area (Å²) in [5.41, 5.74) is -0.569. The van der Waals surface area contributed by atoms with Gasteiger partial charge in [-0.15, -0.1) is 0 Å². The van der Waals surface area contributed by atoms with Gasteiger partial charge < -0.3 is 14.8 Å². The molecule has 0 spiro atoms. The minimum absolute atomic E-state index is 0.388. The van der Waals surface area contributed by atoms with Crippen LogP contribution in [0.1, 0.15) is 46.5 Å². The molecule has 0 radical (unpaired) electrons. The van der Waals surface area contributed by atoms with Gasteiger partial charge in [-0.1, -0.05) is 6.42 Å². The molecule has 2 aliphatic carbocycles. The van der Waals surface area contributed by atoms with Gasteiger partial charge in [0.05, 0.1) is 7.11 Å². The minimum Gasteiger partial charge on any atom is -0.467 e. The van der Waals surface area contributed by atoms with E-state index in [1.165, 1.54) is 26.4 Å². The molecule has 3 atom stereocenters. The van der Waals surface area contributed by atoms with E-state index in [0.717, 1.165) is 11.8 Å². The third kappa shape index (κ3) is 3.64. The van der Waals surface area contributed by atoms with Gasteiger partial charge in [0.15, 0.2) is 0 Å². The summed E-state index contributed by atoms with van der Waals surface area (Å²) in [6.45, 7) is 5.39. The van der Waals surface area contributed by atoms with Crippen molar-refractivity contribution < 1.29 is 19.1 Å². The number of hydrogen-bond donors (Lipinski definition) is 1. The van der Waals surface area contributed by atoms with Gasteiger partial charge in [0.1, 0.15) is 11.6 Å². The number of rotatable bonds is 4. The topological polar surface area (TPSA) is 64.6 Å². The highest BCUT2D eigenvalue weighted by molar-refractivity contribution is 5.81. The lowest BCUT2D eigenvalue weighted by atomic mass is 10.0. The predicted octanol–water partition coefficient (Wildman–Crippen LogP) is 2.49. The Hall–Kier alpha value is -1.26. The molecule has 3 unspecified atom stereocenters. The standard InChI is InChI=1S/C15H25NO4/c1-15(2,3)20-14(18)16-12(13(17)19-4)8-11-9-6-5-7-10(9)11/h9-12H,5-8H2,1-4H3,(H,16,18). The van der Waals surface area contributed by atoms with Gasteiger partial charge in [-0.05, 0) is 57.8 Å². The highest BCUT2D eigenvalue weighted by Gasteiger charge is 2.53. The van der Waals surface area contributed by atoms with Crippen LogP contribution in [0.15, 0.2) is 0 Å². The average Bonchev–Trinajstić information content (AvgIpc) is 2.77. The summed E-state index contributed by atoms with van der Waals surface area (Å²) in [6, 6.07) is -0.592. The minimum atomic E-state index is -0.592. The Labute approximate surface area is 120 Å². The van der Waals surface area contributed by atoms with Gasteiger partial charge >= 0.3 is 12.1 Å². The van der Waals surface area contributed by atoms with E-state index in [1.807, 2.05) is 0 Å². The Kier molecular flexibility index (Phi) is 4.25. The van der Waals surface area contributed by atoms with E-state index in [4.69, 9.17) is 9.47 Å². The molecule has 0 aromatic rings. The van der Waals surface area contributed by atoms with Crippen molar-refractivity contribution in [2.75, 3.05) is 7.11 Å². The van der Waals surface area contributed by atoms with E-state index in [9.17, 15) is 9.59 Å². The van der Waals surface area contributed by atoms with Gasteiger partial charge in [-0.25, -0.2) is 9.59 Å². The Balaban J connectivity index is 1.87. The Morgan fingerprint density at radius 3 is 2.35 bits per heavy atom. The second kappa shape index (κ2) is 5.62. The second-order valence-electron chi connectivity index (χ2n) is 6.88. The normalized spacial score (nSPS) is 29.3. The highest BCUT2D eigenvalue weighted by Crippen LogP contribution is 2.59. The number of alkyl carbamates (subject to hydrolysis) is 1. The molecule has 0 aromatic carbocycles. The zero-order valence-corrected chi connectivity index (χ0v) is 12.8. The maximum atomic E-state index is 11.8. The summed E-state index contributed by atoms with van der Waals surface area (Å²) in [6.07, 6.45) is 3.93. The van der Waals surface area contributed by atoms with Crippen LogP contribution in [0.3, 0.4) is 0 Å². The van der Waals surface area contributed by atoms with Gasteiger partial charge in [0, 0.05) is 0 Å². The molecule has 2 saturated carbocycles. The van der Waals surface area contributed by atoms with E-state index >= 15 is 0 Å². The van der Waals surface area contributed by atoms with Gasteiger partial charge in [0.2, 0.25) is 0 Å². The lowest BCUT2D eigenvalue weighted by Crippen LogP contribution is -2.44. The number of esters is 1. The molecule has 5 nitrogen and oxygen atoms in total. The third-order valence-electron chi connectivity index (χ3n) is 4.27. The van der Waals surface area contributed by atoms with Crippen molar-refractivity contribution in [3.63, 3.8) is 0 Å². The van der Waals surface area contributed by atoms with Crippen LogP contribution in [0.25, 0.3) is 0 Å². The molecular formula is C15H25NO4. The first-order valence-electron chi connectivity index (χ1n) is 7.39. The van der Waals surface area contributed by atoms with Crippen molar-refractivity contribution in [1.29, 1.82) is 0 Å². The largest absolute Gasteiger partial charge is 0.467 e. The number of fused-ring (bicyclic) bond motifs is 1. The van der Waals surface area contributed by atoms with Crippen LogP contribution in [0, 0.1) is 17.8 Å². The number of carbonyl (C=O) groups is 2. The van der Waals surface area contributed by atoms with Gasteiger partial charge in [0.25, 0.3) is 0 Å². The fourth-order valence-corrected chi connectivity index (χ4v) is 3.40. The van der Waals surface area contributed by atoms with Crippen LogP contribution < -0.4 is 5.32 Å². The molecule has 5 heteroatoms. The Bertz CT molecular complexity index is 378. The first-order chi connectivity index (χ1) is 9.31. The van der Waals surface area contributed by atoms with Crippen LogP contribution >= 0.6 is 0 Å². The zero-order valence-electron chi connectivity index (χ0n) is 12.8. The first kappa shape index (κ1) is 15.1. The van der Waals surface area contributed by atoms with Crippen molar-refractivity contribution in [2.24, 2.45) is 17.8 Å². The fraction of sp³-hybridized carbons (Fsp3) is 0.867. The molecule has 0 bridgehead atoms. The summed E-state index contributed by atoms with van der Waals surface area (Å²) in [4.78, 5) is 23.6. The van der Waals surface area contributed by atoms with Crippen molar-refractivity contribution >= 4 is 12.1 Å². The molecule has 0 aliphatic heterocycles. The lowest BCUT2D eigenvalue weighted by Gasteiger charge is -2.23. The fourth-order valence-electron chi connectivity index (χ4n) is 3.40. The summed E-state index contributed by atoms with van der Waals surface area (Å²) < 4.78 is 9.99. The van der Waals surface area contributed by atoms with E-state index in [1.54, 1.807) is 20.8 Å². The summed E-state index contributed by atoms with van der Waals surface area (Å²) in [5.74, 6) is 1.67. The van der Waals surface area contributed by atoms with Crippen LogP contribution in [0.4, 0.5) is 4.79 Å². The quantitative estimate of drug-likeness (QED) is 0.805. The van der Waals surface area contributed by atoms with Crippen molar-refractivity contribution in [2.45, 2.75) is 58.1 Å². The maximum Gasteiger partial charge on any atom is 0.408 e. The van der Waals surface area contributed by atoms with Crippen LogP contribution in [-0.2, 0) is 14.3 Å². The monoisotopic (exact) mass is 283 g/mol. The number of methoxy groups -OCH3 is 1. The highest BCUT2D eigenvalue weighted by atomic mass is 16.6. The molecule has 0 saturated heterocycles. The molecule has 1 amide bonds. The van der Waals surface area contributed by atoms with Crippen molar-refractivity contribution in [3.05, 3.63) is 0 Å². The summed E-state index contributed by atoms with van der Waals surface area (Å²) in [7, 11) is 1.35. The number of ether oxygens (including phenoxy) is 2. The number of hydrogen-bond acceptors (Lipinski definition) is 4. The molecule has 0 aromatic heterocycles. The first-order valence-corrected chi connectivity index (χ1v) is 7.39. The second-order valence-corrected chi connectivity index (χ2v) is 6.88. The van der Waals surface area contributed by atoms with E-state index < -0.39 is 17.7 Å². The predicted molar refractivity (Wildman–Crippen MR) is 74.1 cm³/mol. The zero-order chi connectivity index (χ0) is 14.9. The maximum absolute atomic E-state index is 11.8. The number of carbonyl (C=O) groups excluding carboxylic acids is 2. The lowest BCUT2D eigenvalue weighted by molar-refractivity contribution is -0.143. The number of amides is 1. The van der Waals surface area contributed by atoms with Crippen LogP contribution in [0.2, 0.25) is 0 Å². The van der Waals surface area contributed by atoms with Crippen molar-refractivity contribution in [1.82, 2.24) is 5.32 Å². The van der Waals surface area contributed by atoms with E-state index in [0.29, 0.717) is 12.3 Å². The molecule has 1 N–H and O–H groups in total. The van der Waals surface area contributed by atoms with Crippen molar-refractivity contribution in [3.8, 4) is 0 Å². The molecule has 20 heavy (non-hydrogen) atoms. The molecule has 2 fully saturated rings. The molecule has 0 heterocycles. The number of nitrogens with one attached hydrogen (secondary N) is 1. The summed E-state index contributed by atoms with van der Waals surface area (Å²) in [5, 5.41) is 2.65. The summed E-state index contributed by atoms with van der Waals surface area (Å²) >= 11 is 0. The van der Waals surface area contributed by atoms with E-state index in [-0.39, 0.29) is 5.97 Å². The van der Waals surface area contributed by atoms with Crippen LogP contribution in [0.5, 0.6) is 0 Å². The Morgan fingerprint density at radius 1 is 1.25 bits per heavy atom. The van der Waals surface area contributed by atoms with E-state index in [2.05, 4.69) is 5.32 Å². The van der Waals surface area contributed by atoms with Gasteiger partial charge in [-0.2, -0.15) is 0 Å². The molecular weight excluding hydrogens is 258 g/mol. The molecule has 2 rings (SSSR count). The SMILES string of the molecule is COC(=O)C(CC1C2CCCC21)NC(=O)OC(C)(C)C. The smallest absolute Gasteiger partial charge is 0.408 e. The molecule has 114 valence electrons. The Morgan fingerprint density at radius 2 is 1.85 bits per heavy atom.